The van der Waals surface area contributed by atoms with Gasteiger partial charge in [-0.15, -0.1) is 0 Å². The molecule has 1 aromatic heterocycles. The second-order valence-electron chi connectivity index (χ2n) is 9.71. The van der Waals surface area contributed by atoms with E-state index in [1.807, 2.05) is 36.4 Å². The highest BCUT2D eigenvalue weighted by Gasteiger charge is 2.27. The maximum atomic E-state index is 13.5. The zero-order chi connectivity index (χ0) is 26.8. The third-order valence-electron chi connectivity index (χ3n) is 7.14. The minimum atomic E-state index is -3.53. The molecule has 0 atom stereocenters. The van der Waals surface area contributed by atoms with E-state index in [-0.39, 0.29) is 10.8 Å². The van der Waals surface area contributed by atoms with Crippen LogP contribution in [0.3, 0.4) is 0 Å². The maximum Gasteiger partial charge on any atom is 0.261 e. The van der Waals surface area contributed by atoms with Crippen molar-refractivity contribution in [1.82, 2.24) is 14.2 Å². The van der Waals surface area contributed by atoms with Crippen LogP contribution in [0.15, 0.2) is 59.5 Å². The van der Waals surface area contributed by atoms with Gasteiger partial charge >= 0.3 is 0 Å². The van der Waals surface area contributed by atoms with Crippen LogP contribution in [0.4, 0.5) is 5.13 Å². The Bertz CT molecular complexity index is 1610. The van der Waals surface area contributed by atoms with E-state index >= 15 is 0 Å². The van der Waals surface area contributed by atoms with E-state index in [9.17, 15) is 13.2 Å². The van der Waals surface area contributed by atoms with E-state index < -0.39 is 10.0 Å². The van der Waals surface area contributed by atoms with E-state index in [2.05, 4.69) is 15.2 Å². The fourth-order valence-electron chi connectivity index (χ4n) is 4.99. The number of aromatic nitrogens is 1. The van der Waals surface area contributed by atoms with Gasteiger partial charge in [0.15, 0.2) is 5.13 Å². The molecule has 0 radical (unpaired) electrons. The summed E-state index contributed by atoms with van der Waals surface area (Å²) in [5, 5.41) is 5.23. The number of benzene rings is 3. The standard InChI is InChI=1S/C28H30N4O5S2/c33-27(30-28-29-24-8-7-22(19-26(24)38-28)39(34,35)32-9-3-4-10-32)23-17-20-5-1-2-6-21(20)18-25(23)37-16-13-31-11-14-36-15-12-31/h1-2,5-8,17-19H,3-4,9-16H2,(H,29,30,33). The summed E-state index contributed by atoms with van der Waals surface area (Å²) in [6, 6.07) is 16.5. The Kier molecular flexibility index (Phi) is 7.50. The summed E-state index contributed by atoms with van der Waals surface area (Å²) < 4.78 is 39.8. The van der Waals surface area contributed by atoms with Crippen molar-refractivity contribution in [3.05, 3.63) is 60.2 Å². The molecule has 0 bridgehead atoms. The van der Waals surface area contributed by atoms with Crippen LogP contribution in [0.25, 0.3) is 21.0 Å². The van der Waals surface area contributed by atoms with Gasteiger partial charge in [-0.3, -0.25) is 15.0 Å². The summed E-state index contributed by atoms with van der Waals surface area (Å²) in [4.78, 5) is 20.5. The molecule has 0 aliphatic carbocycles. The van der Waals surface area contributed by atoms with Crippen LogP contribution in [-0.4, -0.2) is 81.1 Å². The highest BCUT2D eigenvalue weighted by Crippen LogP contribution is 2.32. The quantitative estimate of drug-likeness (QED) is 0.341. The van der Waals surface area contributed by atoms with Gasteiger partial charge in [0.1, 0.15) is 12.4 Å². The van der Waals surface area contributed by atoms with Crippen LogP contribution in [0.2, 0.25) is 0 Å². The number of amides is 1. The van der Waals surface area contributed by atoms with Gasteiger partial charge in [-0.1, -0.05) is 35.6 Å². The van der Waals surface area contributed by atoms with Crippen molar-refractivity contribution >= 4 is 53.4 Å². The topological polar surface area (TPSA) is 101 Å². The number of carbonyl (C=O) groups is 1. The molecule has 9 nitrogen and oxygen atoms in total. The lowest BCUT2D eigenvalue weighted by molar-refractivity contribution is 0.0322. The molecule has 1 N–H and O–H groups in total. The van der Waals surface area contributed by atoms with Gasteiger partial charge in [0, 0.05) is 32.7 Å². The molecule has 0 saturated carbocycles. The average Bonchev–Trinajstić information content (AvgIpc) is 3.63. The molecule has 3 heterocycles. The van der Waals surface area contributed by atoms with Crippen LogP contribution in [0, 0.1) is 0 Å². The molecule has 2 fully saturated rings. The summed E-state index contributed by atoms with van der Waals surface area (Å²) >= 11 is 1.25. The maximum absolute atomic E-state index is 13.5. The summed E-state index contributed by atoms with van der Waals surface area (Å²) in [6.07, 6.45) is 1.76. The Labute approximate surface area is 231 Å². The number of fused-ring (bicyclic) bond motifs is 2. The summed E-state index contributed by atoms with van der Waals surface area (Å²) in [5.41, 5.74) is 1.06. The van der Waals surface area contributed by atoms with Crippen LogP contribution in [0.1, 0.15) is 23.2 Å². The number of thiazole rings is 1. The van der Waals surface area contributed by atoms with Crippen molar-refractivity contribution in [2.24, 2.45) is 0 Å². The lowest BCUT2D eigenvalue weighted by Gasteiger charge is -2.26. The highest BCUT2D eigenvalue weighted by atomic mass is 32.2. The number of nitrogens with one attached hydrogen (secondary N) is 1. The Balaban J connectivity index is 1.23. The Morgan fingerprint density at radius 3 is 2.51 bits per heavy atom. The van der Waals surface area contributed by atoms with Crippen molar-refractivity contribution in [3.63, 3.8) is 0 Å². The number of sulfonamides is 1. The van der Waals surface area contributed by atoms with E-state index in [0.717, 1.165) is 56.5 Å². The van der Waals surface area contributed by atoms with Crippen LogP contribution in [-0.2, 0) is 14.8 Å². The first-order valence-electron chi connectivity index (χ1n) is 13.2. The number of ether oxygens (including phenoxy) is 2. The van der Waals surface area contributed by atoms with Crippen LogP contribution >= 0.6 is 11.3 Å². The molecule has 4 aromatic rings. The van der Waals surface area contributed by atoms with E-state index in [1.165, 1.54) is 15.6 Å². The molecular formula is C28H30N4O5S2. The van der Waals surface area contributed by atoms with E-state index in [0.29, 0.717) is 46.4 Å². The summed E-state index contributed by atoms with van der Waals surface area (Å²) in [5.74, 6) is 0.186. The van der Waals surface area contributed by atoms with Crippen molar-refractivity contribution in [2.45, 2.75) is 17.7 Å². The Hall–Kier alpha value is -3.09. The monoisotopic (exact) mass is 566 g/mol. The van der Waals surface area contributed by atoms with E-state index in [4.69, 9.17) is 9.47 Å². The third kappa shape index (κ3) is 5.64. The molecule has 3 aromatic carbocycles. The SMILES string of the molecule is O=C(Nc1nc2ccc(S(=O)(=O)N3CCCC3)cc2s1)c1cc2ccccc2cc1OCCN1CCOCC1. The summed E-state index contributed by atoms with van der Waals surface area (Å²) in [6.45, 7) is 5.47. The highest BCUT2D eigenvalue weighted by molar-refractivity contribution is 7.89. The molecule has 2 aliphatic rings. The number of rotatable bonds is 8. The van der Waals surface area contributed by atoms with Gasteiger partial charge in [-0.05, 0) is 53.9 Å². The summed E-state index contributed by atoms with van der Waals surface area (Å²) in [7, 11) is -3.53. The smallest absolute Gasteiger partial charge is 0.261 e. The first kappa shape index (κ1) is 26.1. The number of nitrogens with zero attached hydrogens (tertiary/aromatic N) is 3. The third-order valence-corrected chi connectivity index (χ3v) is 9.97. The molecule has 6 rings (SSSR count). The molecule has 204 valence electrons. The lowest BCUT2D eigenvalue weighted by atomic mass is 10.1. The number of anilines is 1. The van der Waals surface area contributed by atoms with Crippen LogP contribution in [0.5, 0.6) is 5.75 Å². The normalized spacial score (nSPS) is 17.1. The molecule has 2 saturated heterocycles. The fraction of sp³-hybridized carbons (Fsp3) is 0.357. The Morgan fingerprint density at radius 1 is 1.00 bits per heavy atom. The molecule has 0 unspecified atom stereocenters. The minimum Gasteiger partial charge on any atom is -0.491 e. The van der Waals surface area contributed by atoms with Crippen molar-refractivity contribution in [1.29, 1.82) is 0 Å². The van der Waals surface area contributed by atoms with Gasteiger partial charge in [0.25, 0.3) is 5.91 Å². The van der Waals surface area contributed by atoms with Crippen LogP contribution < -0.4 is 10.1 Å². The second-order valence-corrected chi connectivity index (χ2v) is 12.7. The predicted molar refractivity (Wildman–Crippen MR) is 152 cm³/mol. The van der Waals surface area contributed by atoms with Crippen molar-refractivity contribution < 1.29 is 22.7 Å². The first-order valence-corrected chi connectivity index (χ1v) is 15.4. The van der Waals surface area contributed by atoms with Gasteiger partial charge in [-0.2, -0.15) is 4.31 Å². The van der Waals surface area contributed by atoms with Crippen molar-refractivity contribution in [2.75, 3.05) is 57.9 Å². The molecule has 0 spiro atoms. The molecule has 39 heavy (non-hydrogen) atoms. The van der Waals surface area contributed by atoms with Gasteiger partial charge in [-0.25, -0.2) is 13.4 Å². The van der Waals surface area contributed by atoms with Gasteiger partial charge in [0.05, 0.1) is 33.9 Å². The molecule has 1 amide bonds. The second kappa shape index (κ2) is 11.2. The number of carbonyl (C=O) groups excluding carboxylic acids is 1. The molecule has 11 heteroatoms. The van der Waals surface area contributed by atoms with Gasteiger partial charge in [0.2, 0.25) is 10.0 Å². The number of morpholine rings is 1. The minimum absolute atomic E-state index is 0.254. The number of hydrogen-bond donors (Lipinski definition) is 1. The molecule has 2 aliphatic heterocycles. The Morgan fingerprint density at radius 2 is 1.74 bits per heavy atom. The zero-order valence-corrected chi connectivity index (χ0v) is 23.1. The largest absolute Gasteiger partial charge is 0.491 e. The van der Waals surface area contributed by atoms with Gasteiger partial charge < -0.3 is 9.47 Å². The zero-order valence-electron chi connectivity index (χ0n) is 21.5. The number of hydrogen-bond acceptors (Lipinski definition) is 8. The lowest BCUT2D eigenvalue weighted by Crippen LogP contribution is -2.38. The molecular weight excluding hydrogens is 536 g/mol. The van der Waals surface area contributed by atoms with E-state index in [1.54, 1.807) is 18.2 Å². The average molecular weight is 567 g/mol. The predicted octanol–water partition coefficient (Wildman–Crippen LogP) is 4.20. The first-order chi connectivity index (χ1) is 19.0. The van der Waals surface area contributed by atoms with Crippen molar-refractivity contribution in [3.8, 4) is 5.75 Å². The fourth-order valence-corrected chi connectivity index (χ4v) is 7.51.